The Bertz CT molecular complexity index is 590. The lowest BCUT2D eigenvalue weighted by molar-refractivity contribution is 0.0726. The zero-order valence-electron chi connectivity index (χ0n) is 12.2. The van der Waals surface area contributed by atoms with Crippen LogP contribution in [0.15, 0.2) is 41.0 Å². The second kappa shape index (κ2) is 5.82. The van der Waals surface area contributed by atoms with E-state index in [-0.39, 0.29) is 11.9 Å². The zero-order valence-corrected chi connectivity index (χ0v) is 12.2. The van der Waals surface area contributed by atoms with Gasteiger partial charge >= 0.3 is 0 Å². The largest absolute Gasteiger partial charge is 0.496 e. The average molecular weight is 273 g/mol. The third kappa shape index (κ3) is 2.69. The van der Waals surface area contributed by atoms with Crippen LogP contribution in [0, 0.1) is 6.92 Å². The summed E-state index contributed by atoms with van der Waals surface area (Å²) in [7, 11) is 3.37. The highest BCUT2D eigenvalue weighted by Crippen LogP contribution is 2.24. The van der Waals surface area contributed by atoms with Gasteiger partial charge in [0.05, 0.1) is 19.4 Å². The van der Waals surface area contributed by atoms with E-state index < -0.39 is 0 Å². The fourth-order valence-corrected chi connectivity index (χ4v) is 2.05. The van der Waals surface area contributed by atoms with Crippen LogP contribution in [0.3, 0.4) is 0 Å². The van der Waals surface area contributed by atoms with Crippen LogP contribution in [0.4, 0.5) is 0 Å². The highest BCUT2D eigenvalue weighted by Gasteiger charge is 2.21. The van der Waals surface area contributed by atoms with E-state index in [0.717, 1.165) is 17.1 Å². The summed E-state index contributed by atoms with van der Waals surface area (Å²) >= 11 is 0. The summed E-state index contributed by atoms with van der Waals surface area (Å²) in [5.74, 6) is 1.42. The minimum absolute atomic E-state index is 0.0628. The van der Waals surface area contributed by atoms with Crippen LogP contribution in [0.25, 0.3) is 0 Å². The van der Waals surface area contributed by atoms with Crippen molar-refractivity contribution in [3.05, 3.63) is 53.5 Å². The first-order chi connectivity index (χ1) is 9.54. The first-order valence-electron chi connectivity index (χ1n) is 6.49. The molecule has 1 heterocycles. The second-order valence-corrected chi connectivity index (χ2v) is 4.79. The highest BCUT2D eigenvalue weighted by molar-refractivity contribution is 5.94. The van der Waals surface area contributed by atoms with Gasteiger partial charge in [0.15, 0.2) is 0 Å². The molecule has 4 nitrogen and oxygen atoms in total. The Morgan fingerprint density at radius 2 is 2.10 bits per heavy atom. The lowest BCUT2D eigenvalue weighted by atomic mass is 10.1. The third-order valence-electron chi connectivity index (χ3n) is 3.51. The van der Waals surface area contributed by atoms with Gasteiger partial charge in [0.2, 0.25) is 0 Å². The van der Waals surface area contributed by atoms with E-state index in [1.165, 1.54) is 0 Å². The van der Waals surface area contributed by atoms with Crippen LogP contribution in [0.1, 0.15) is 34.6 Å². The molecule has 0 aliphatic heterocycles. The molecule has 0 spiro atoms. The molecule has 1 aromatic carbocycles. The summed E-state index contributed by atoms with van der Waals surface area (Å²) in [4.78, 5) is 14.1. The Hall–Kier alpha value is -2.23. The van der Waals surface area contributed by atoms with Gasteiger partial charge in [-0.2, -0.15) is 0 Å². The molecule has 4 heteroatoms. The van der Waals surface area contributed by atoms with E-state index in [1.54, 1.807) is 31.4 Å². The molecule has 20 heavy (non-hydrogen) atoms. The van der Waals surface area contributed by atoms with Gasteiger partial charge in [-0.05, 0) is 43.7 Å². The van der Waals surface area contributed by atoms with Crippen LogP contribution < -0.4 is 4.74 Å². The molecule has 106 valence electrons. The molecule has 0 radical (unpaired) electrons. The molecule has 1 atom stereocenters. The number of carbonyl (C=O) groups excluding carboxylic acids is 1. The molecule has 0 N–H and O–H groups in total. The number of aryl methyl sites for hydroxylation is 1. The van der Waals surface area contributed by atoms with E-state index in [0.29, 0.717) is 5.56 Å². The lowest BCUT2D eigenvalue weighted by Gasteiger charge is -2.23. The number of ether oxygens (including phenoxy) is 1. The molecule has 0 fully saturated rings. The minimum Gasteiger partial charge on any atom is -0.496 e. The van der Waals surface area contributed by atoms with Gasteiger partial charge in [0.25, 0.3) is 5.91 Å². The number of amides is 1. The van der Waals surface area contributed by atoms with Gasteiger partial charge < -0.3 is 14.1 Å². The number of benzene rings is 1. The van der Waals surface area contributed by atoms with Gasteiger partial charge in [0, 0.05) is 12.6 Å². The van der Waals surface area contributed by atoms with E-state index in [9.17, 15) is 4.79 Å². The van der Waals surface area contributed by atoms with Crippen LogP contribution >= 0.6 is 0 Å². The van der Waals surface area contributed by atoms with Crippen molar-refractivity contribution in [3.8, 4) is 5.75 Å². The van der Waals surface area contributed by atoms with Crippen LogP contribution in [-0.2, 0) is 0 Å². The Balaban J connectivity index is 2.22. The molecular weight excluding hydrogens is 254 g/mol. The summed E-state index contributed by atoms with van der Waals surface area (Å²) in [5.41, 5.74) is 1.61. The monoisotopic (exact) mass is 273 g/mol. The second-order valence-electron chi connectivity index (χ2n) is 4.79. The topological polar surface area (TPSA) is 42.7 Å². The molecule has 0 bridgehead atoms. The number of rotatable bonds is 4. The van der Waals surface area contributed by atoms with Crippen molar-refractivity contribution >= 4 is 5.91 Å². The van der Waals surface area contributed by atoms with Crippen LogP contribution in [-0.4, -0.2) is 25.0 Å². The molecule has 1 amide bonds. The van der Waals surface area contributed by atoms with Crippen LogP contribution in [0.2, 0.25) is 0 Å². The predicted molar refractivity (Wildman–Crippen MR) is 76.9 cm³/mol. The van der Waals surface area contributed by atoms with E-state index in [1.807, 2.05) is 38.1 Å². The molecule has 0 saturated heterocycles. The Morgan fingerprint density at radius 1 is 1.35 bits per heavy atom. The maximum atomic E-state index is 12.5. The van der Waals surface area contributed by atoms with Crippen molar-refractivity contribution in [2.24, 2.45) is 0 Å². The quantitative estimate of drug-likeness (QED) is 0.857. The average Bonchev–Trinajstić information content (AvgIpc) is 2.99. The van der Waals surface area contributed by atoms with E-state index >= 15 is 0 Å². The fraction of sp³-hybridized carbons (Fsp3) is 0.312. The Labute approximate surface area is 119 Å². The van der Waals surface area contributed by atoms with Crippen molar-refractivity contribution in [2.75, 3.05) is 14.2 Å². The Kier molecular flexibility index (Phi) is 4.13. The minimum atomic E-state index is -0.121. The number of carbonyl (C=O) groups is 1. The molecule has 2 aromatic rings. The van der Waals surface area contributed by atoms with Gasteiger partial charge in [-0.25, -0.2) is 0 Å². The molecule has 1 unspecified atom stereocenters. The number of hydrogen-bond donors (Lipinski definition) is 0. The maximum absolute atomic E-state index is 12.5. The SMILES string of the molecule is COc1cc(C(=O)N(C)C(C)c2ccco2)ccc1C. The summed E-state index contributed by atoms with van der Waals surface area (Å²) in [6, 6.07) is 9.03. The van der Waals surface area contributed by atoms with Gasteiger partial charge in [0.1, 0.15) is 11.5 Å². The molecule has 0 aliphatic rings. The summed E-state index contributed by atoms with van der Waals surface area (Å²) in [6.07, 6.45) is 1.61. The van der Waals surface area contributed by atoms with Gasteiger partial charge in [-0.1, -0.05) is 6.07 Å². The maximum Gasteiger partial charge on any atom is 0.254 e. The summed E-state index contributed by atoms with van der Waals surface area (Å²) < 4.78 is 10.6. The van der Waals surface area contributed by atoms with E-state index in [2.05, 4.69) is 0 Å². The van der Waals surface area contributed by atoms with Crippen molar-refractivity contribution in [1.82, 2.24) is 4.90 Å². The van der Waals surface area contributed by atoms with Crippen molar-refractivity contribution in [1.29, 1.82) is 0 Å². The van der Waals surface area contributed by atoms with Crippen molar-refractivity contribution in [3.63, 3.8) is 0 Å². The number of methoxy groups -OCH3 is 1. The molecule has 1 aromatic heterocycles. The first kappa shape index (κ1) is 14.2. The normalized spacial score (nSPS) is 12.0. The predicted octanol–water partition coefficient (Wildman–Crippen LogP) is 3.43. The molecule has 0 aliphatic carbocycles. The molecular formula is C16H19NO3. The van der Waals surface area contributed by atoms with Gasteiger partial charge in [-0.15, -0.1) is 0 Å². The highest BCUT2D eigenvalue weighted by atomic mass is 16.5. The summed E-state index contributed by atoms with van der Waals surface area (Å²) in [5, 5.41) is 0. The number of furan rings is 1. The standard InChI is InChI=1S/C16H19NO3/c1-11-7-8-13(10-15(11)19-4)16(18)17(3)12(2)14-6-5-9-20-14/h5-10,12H,1-4H3. The molecule has 0 saturated carbocycles. The van der Waals surface area contributed by atoms with Gasteiger partial charge in [-0.3, -0.25) is 4.79 Å². The number of nitrogens with zero attached hydrogens (tertiary/aromatic N) is 1. The summed E-state index contributed by atoms with van der Waals surface area (Å²) in [6.45, 7) is 3.88. The molecule has 2 rings (SSSR count). The van der Waals surface area contributed by atoms with Crippen molar-refractivity contribution < 1.29 is 13.9 Å². The Morgan fingerprint density at radius 3 is 2.70 bits per heavy atom. The van der Waals surface area contributed by atoms with Crippen molar-refractivity contribution in [2.45, 2.75) is 19.9 Å². The lowest BCUT2D eigenvalue weighted by Crippen LogP contribution is -2.29. The third-order valence-corrected chi connectivity index (χ3v) is 3.51. The first-order valence-corrected chi connectivity index (χ1v) is 6.49. The van der Waals surface area contributed by atoms with E-state index in [4.69, 9.17) is 9.15 Å². The fourth-order valence-electron chi connectivity index (χ4n) is 2.05. The van der Waals surface area contributed by atoms with Crippen LogP contribution in [0.5, 0.6) is 5.75 Å². The smallest absolute Gasteiger partial charge is 0.254 e. The zero-order chi connectivity index (χ0) is 14.7. The number of hydrogen-bond acceptors (Lipinski definition) is 3.